The Hall–Kier alpha value is -2.14. The first kappa shape index (κ1) is 14.8. The summed E-state index contributed by atoms with van der Waals surface area (Å²) in [4.78, 5) is 20.7. The second-order valence-corrected chi connectivity index (χ2v) is 5.98. The van der Waals surface area contributed by atoms with Crippen LogP contribution in [0.5, 0.6) is 0 Å². The number of carbonyl (C=O) groups excluding carboxylic acids is 1. The minimum Gasteiger partial charge on any atom is -0.351 e. The number of anilines is 2. The van der Waals surface area contributed by atoms with Crippen molar-refractivity contribution < 1.29 is 4.79 Å². The molecular formula is C16H17ClN4O. The van der Waals surface area contributed by atoms with E-state index in [1.54, 1.807) is 12.3 Å². The number of benzene rings is 1. The highest BCUT2D eigenvalue weighted by Gasteiger charge is 2.22. The van der Waals surface area contributed by atoms with Gasteiger partial charge in [0, 0.05) is 12.2 Å². The molecule has 1 amide bonds. The molecule has 5 nitrogen and oxygen atoms in total. The molecule has 1 aromatic carbocycles. The number of halogens is 1. The molecule has 0 bridgehead atoms. The standard InChI is InChI=1S/C16H17ClN4O/c1-9-7-10(2)14(12(17)8-9)21-15(22)13-5-6-18-16(20-13)19-11-3-4-11/h5-8,11H,3-4H2,1-2H3,(H,21,22)(H,18,19,20). The smallest absolute Gasteiger partial charge is 0.274 e. The second kappa shape index (κ2) is 5.93. The van der Waals surface area contributed by atoms with Gasteiger partial charge in [0.2, 0.25) is 5.95 Å². The zero-order valence-corrected chi connectivity index (χ0v) is 13.2. The van der Waals surface area contributed by atoms with Crippen LogP contribution in [0.1, 0.15) is 34.5 Å². The van der Waals surface area contributed by atoms with Crippen molar-refractivity contribution in [2.24, 2.45) is 0 Å². The predicted molar refractivity (Wildman–Crippen MR) is 87.6 cm³/mol. The molecule has 1 saturated carbocycles. The third-order valence-electron chi connectivity index (χ3n) is 3.47. The lowest BCUT2D eigenvalue weighted by atomic mass is 10.1. The summed E-state index contributed by atoms with van der Waals surface area (Å²) in [6.07, 6.45) is 3.83. The Bertz CT molecular complexity index is 705. The van der Waals surface area contributed by atoms with Gasteiger partial charge in [0.25, 0.3) is 5.91 Å². The fourth-order valence-corrected chi connectivity index (χ4v) is 2.58. The highest BCUT2D eigenvalue weighted by atomic mass is 35.5. The summed E-state index contributed by atoms with van der Waals surface area (Å²) in [5.74, 6) is 0.192. The van der Waals surface area contributed by atoms with E-state index in [4.69, 9.17) is 11.6 Å². The van der Waals surface area contributed by atoms with Crippen LogP contribution in [0, 0.1) is 13.8 Å². The molecule has 1 fully saturated rings. The molecule has 0 unspecified atom stereocenters. The summed E-state index contributed by atoms with van der Waals surface area (Å²) in [5, 5.41) is 6.53. The van der Waals surface area contributed by atoms with Gasteiger partial charge in [-0.2, -0.15) is 0 Å². The Morgan fingerprint density at radius 1 is 1.32 bits per heavy atom. The number of aromatic nitrogens is 2. The van der Waals surface area contributed by atoms with Crippen LogP contribution in [0.3, 0.4) is 0 Å². The van der Waals surface area contributed by atoms with Crippen LogP contribution in [0.2, 0.25) is 5.02 Å². The largest absolute Gasteiger partial charge is 0.351 e. The second-order valence-electron chi connectivity index (χ2n) is 5.58. The van der Waals surface area contributed by atoms with Crippen LogP contribution < -0.4 is 10.6 Å². The predicted octanol–water partition coefficient (Wildman–Crippen LogP) is 3.57. The zero-order valence-electron chi connectivity index (χ0n) is 12.5. The van der Waals surface area contributed by atoms with E-state index in [9.17, 15) is 4.79 Å². The highest BCUT2D eigenvalue weighted by molar-refractivity contribution is 6.34. The number of carbonyl (C=O) groups is 1. The van der Waals surface area contributed by atoms with Gasteiger partial charge in [-0.15, -0.1) is 0 Å². The number of hydrogen-bond acceptors (Lipinski definition) is 4. The number of amides is 1. The van der Waals surface area contributed by atoms with Crippen molar-refractivity contribution in [1.82, 2.24) is 9.97 Å². The van der Waals surface area contributed by atoms with Crippen molar-refractivity contribution in [3.05, 3.63) is 46.2 Å². The van der Waals surface area contributed by atoms with E-state index in [0.29, 0.717) is 28.4 Å². The van der Waals surface area contributed by atoms with Crippen LogP contribution in [-0.4, -0.2) is 21.9 Å². The number of hydrogen-bond donors (Lipinski definition) is 2. The van der Waals surface area contributed by atoms with Crippen molar-refractivity contribution in [3.63, 3.8) is 0 Å². The van der Waals surface area contributed by atoms with Gasteiger partial charge in [-0.1, -0.05) is 17.7 Å². The van der Waals surface area contributed by atoms with Crippen molar-refractivity contribution in [3.8, 4) is 0 Å². The summed E-state index contributed by atoms with van der Waals surface area (Å²) in [6.45, 7) is 3.87. The monoisotopic (exact) mass is 316 g/mol. The van der Waals surface area contributed by atoms with Gasteiger partial charge < -0.3 is 10.6 Å². The maximum Gasteiger partial charge on any atom is 0.274 e. The first-order valence-corrected chi connectivity index (χ1v) is 7.58. The fraction of sp³-hybridized carbons (Fsp3) is 0.312. The zero-order chi connectivity index (χ0) is 15.7. The van der Waals surface area contributed by atoms with Crippen LogP contribution in [-0.2, 0) is 0 Å². The van der Waals surface area contributed by atoms with Gasteiger partial charge in [-0.05, 0) is 49.9 Å². The first-order chi connectivity index (χ1) is 10.5. The average Bonchev–Trinajstić information content (AvgIpc) is 3.27. The minimum atomic E-state index is -0.296. The normalized spacial score (nSPS) is 13.8. The van der Waals surface area contributed by atoms with Crippen molar-refractivity contribution >= 4 is 29.1 Å². The van der Waals surface area contributed by atoms with Gasteiger partial charge in [-0.3, -0.25) is 4.79 Å². The topological polar surface area (TPSA) is 66.9 Å². The molecule has 1 aliphatic rings. The molecule has 3 rings (SSSR count). The van der Waals surface area contributed by atoms with Crippen LogP contribution in [0.25, 0.3) is 0 Å². The number of nitrogens with zero attached hydrogens (tertiary/aromatic N) is 2. The van der Waals surface area contributed by atoms with Gasteiger partial charge in [0.05, 0.1) is 10.7 Å². The Labute approximate surface area is 134 Å². The summed E-state index contributed by atoms with van der Waals surface area (Å²) in [7, 11) is 0. The summed E-state index contributed by atoms with van der Waals surface area (Å²) >= 11 is 6.21. The molecule has 1 aromatic heterocycles. The van der Waals surface area contributed by atoms with E-state index >= 15 is 0 Å². The molecule has 0 spiro atoms. The number of rotatable bonds is 4. The number of nitrogens with one attached hydrogen (secondary N) is 2. The third kappa shape index (κ3) is 3.36. The molecule has 2 aromatic rings. The molecule has 0 atom stereocenters. The molecule has 0 radical (unpaired) electrons. The van der Waals surface area contributed by atoms with Crippen LogP contribution in [0.4, 0.5) is 11.6 Å². The van der Waals surface area contributed by atoms with E-state index in [1.165, 1.54) is 0 Å². The maximum absolute atomic E-state index is 12.4. The Morgan fingerprint density at radius 2 is 2.09 bits per heavy atom. The van der Waals surface area contributed by atoms with E-state index in [0.717, 1.165) is 24.0 Å². The van der Waals surface area contributed by atoms with E-state index < -0.39 is 0 Å². The third-order valence-corrected chi connectivity index (χ3v) is 3.77. The minimum absolute atomic E-state index is 0.296. The van der Waals surface area contributed by atoms with Gasteiger partial charge >= 0.3 is 0 Å². The Balaban J connectivity index is 1.79. The lowest BCUT2D eigenvalue weighted by Gasteiger charge is -2.11. The van der Waals surface area contributed by atoms with Crippen LogP contribution >= 0.6 is 11.6 Å². The summed E-state index contributed by atoms with van der Waals surface area (Å²) in [6, 6.07) is 5.82. The lowest BCUT2D eigenvalue weighted by Crippen LogP contribution is -2.16. The number of aryl methyl sites for hydroxylation is 2. The highest BCUT2D eigenvalue weighted by Crippen LogP contribution is 2.28. The molecule has 1 aliphatic carbocycles. The van der Waals surface area contributed by atoms with E-state index in [-0.39, 0.29) is 5.91 Å². The molecule has 6 heteroatoms. The van der Waals surface area contributed by atoms with Gasteiger partial charge in [0.15, 0.2) is 0 Å². The molecular weight excluding hydrogens is 300 g/mol. The molecule has 0 aliphatic heterocycles. The van der Waals surface area contributed by atoms with Crippen LogP contribution in [0.15, 0.2) is 24.4 Å². The van der Waals surface area contributed by atoms with Crippen molar-refractivity contribution in [1.29, 1.82) is 0 Å². The SMILES string of the molecule is Cc1cc(C)c(NC(=O)c2ccnc(NC3CC3)n2)c(Cl)c1. The first-order valence-electron chi connectivity index (χ1n) is 7.20. The van der Waals surface area contributed by atoms with E-state index in [2.05, 4.69) is 20.6 Å². The molecule has 2 N–H and O–H groups in total. The average molecular weight is 317 g/mol. The van der Waals surface area contributed by atoms with Gasteiger partial charge in [0.1, 0.15) is 5.69 Å². The molecule has 114 valence electrons. The van der Waals surface area contributed by atoms with Crippen molar-refractivity contribution in [2.75, 3.05) is 10.6 Å². The lowest BCUT2D eigenvalue weighted by molar-refractivity contribution is 0.102. The molecule has 22 heavy (non-hydrogen) atoms. The summed E-state index contributed by atoms with van der Waals surface area (Å²) < 4.78 is 0. The van der Waals surface area contributed by atoms with E-state index in [1.807, 2.05) is 26.0 Å². The maximum atomic E-state index is 12.4. The molecule has 0 saturated heterocycles. The summed E-state index contributed by atoms with van der Waals surface area (Å²) in [5.41, 5.74) is 2.91. The fourth-order valence-electron chi connectivity index (χ4n) is 2.22. The Kier molecular flexibility index (Phi) is 3.98. The quantitative estimate of drug-likeness (QED) is 0.905. The van der Waals surface area contributed by atoms with Crippen molar-refractivity contribution in [2.45, 2.75) is 32.7 Å². The van der Waals surface area contributed by atoms with Gasteiger partial charge in [-0.25, -0.2) is 9.97 Å². The Morgan fingerprint density at radius 3 is 2.77 bits per heavy atom. The molecule has 1 heterocycles.